The minimum Gasteiger partial charge on any atom is -0.477 e. The number of hydrogen-bond donors (Lipinski definition) is 4. The number of aromatic nitrogens is 2. The lowest BCUT2D eigenvalue weighted by molar-refractivity contribution is -0.150. The van der Waals surface area contributed by atoms with Crippen LogP contribution < -0.4 is 26.7 Å². The van der Waals surface area contributed by atoms with Gasteiger partial charge in [-0.2, -0.15) is 0 Å². The predicted octanol–water partition coefficient (Wildman–Crippen LogP) is 0.870. The van der Waals surface area contributed by atoms with Crippen LogP contribution in [0.4, 0.5) is 15.2 Å². The lowest BCUT2D eigenvalue weighted by Gasteiger charge is -2.49. The first-order chi connectivity index (χ1) is 24.1. The number of fused-ring (bicyclic) bond motifs is 2. The summed E-state index contributed by atoms with van der Waals surface area (Å²) in [7, 11) is 1.24. The molecule has 3 aromatic rings. The zero-order valence-corrected chi connectivity index (χ0v) is 28.1. The third-order valence-electron chi connectivity index (χ3n) is 8.79. The quantitative estimate of drug-likeness (QED) is 0.0991. The van der Waals surface area contributed by atoms with Crippen LogP contribution in [0.15, 0.2) is 44.9 Å². The van der Waals surface area contributed by atoms with Crippen LogP contribution in [0, 0.1) is 5.82 Å². The zero-order chi connectivity index (χ0) is 35.3. The number of pyridine rings is 1. The van der Waals surface area contributed by atoms with E-state index in [1.54, 1.807) is 10.6 Å². The summed E-state index contributed by atoms with van der Waals surface area (Å²) in [6.45, 7) is 2.11. The van der Waals surface area contributed by atoms with Crippen molar-refractivity contribution >= 4 is 74.3 Å². The molecule has 19 heteroatoms. The number of carboxylic acid groups (broad SMARTS) is 1. The lowest BCUT2D eigenvalue weighted by Crippen LogP contribution is -2.71. The maximum Gasteiger partial charge on any atom is 0.352 e. The number of carboxylic acids is 1. The van der Waals surface area contributed by atoms with Crippen molar-refractivity contribution in [3.63, 3.8) is 0 Å². The summed E-state index contributed by atoms with van der Waals surface area (Å²) in [5.41, 5.74) is 5.23. The summed E-state index contributed by atoms with van der Waals surface area (Å²) >= 11 is 2.24. The number of ether oxygens (including phenoxy) is 1. The molecule has 4 aliphatic rings. The average Bonchev–Trinajstić information content (AvgIpc) is 3.87. The van der Waals surface area contributed by atoms with Crippen molar-refractivity contribution < 1.29 is 38.2 Å². The van der Waals surface area contributed by atoms with Gasteiger partial charge in [0.05, 0.1) is 11.2 Å². The Bertz CT molecular complexity index is 2050. The number of thioether (sulfide) groups is 1. The van der Waals surface area contributed by atoms with E-state index < -0.39 is 53.0 Å². The molecular formula is C31H31FN8O8S2. The van der Waals surface area contributed by atoms with Crippen LogP contribution in [0.1, 0.15) is 34.9 Å². The van der Waals surface area contributed by atoms with Gasteiger partial charge in [-0.1, -0.05) is 5.16 Å². The van der Waals surface area contributed by atoms with Crippen LogP contribution in [-0.2, 0) is 24.0 Å². The summed E-state index contributed by atoms with van der Waals surface area (Å²) in [5.74, 6) is -4.44. The number of esters is 1. The Morgan fingerprint density at radius 2 is 1.98 bits per heavy atom. The topological polar surface area (TPSA) is 211 Å². The number of hydrogen-bond acceptors (Lipinski definition) is 14. The van der Waals surface area contributed by atoms with Gasteiger partial charge in [-0.05, 0) is 25.0 Å². The number of thiazole rings is 1. The maximum absolute atomic E-state index is 15.4. The van der Waals surface area contributed by atoms with Gasteiger partial charge in [-0.3, -0.25) is 19.3 Å². The largest absolute Gasteiger partial charge is 0.477 e. The minimum absolute atomic E-state index is 0.0290. The second-order valence-corrected chi connectivity index (χ2v) is 14.0. The molecule has 0 spiro atoms. The molecule has 2 aromatic heterocycles. The third kappa shape index (κ3) is 6.04. The molecule has 1 aliphatic carbocycles. The second kappa shape index (κ2) is 13.4. The van der Waals surface area contributed by atoms with Crippen molar-refractivity contribution in [3.8, 4) is 0 Å². The Morgan fingerprint density at radius 3 is 2.64 bits per heavy atom. The summed E-state index contributed by atoms with van der Waals surface area (Å²) in [4.78, 5) is 77.3. The van der Waals surface area contributed by atoms with Crippen molar-refractivity contribution in [1.82, 2.24) is 25.1 Å². The fourth-order valence-electron chi connectivity index (χ4n) is 6.23. The molecular weight excluding hydrogens is 696 g/mol. The Morgan fingerprint density at radius 1 is 1.22 bits per heavy atom. The number of halogens is 1. The monoisotopic (exact) mass is 726 g/mol. The van der Waals surface area contributed by atoms with E-state index in [-0.39, 0.29) is 50.6 Å². The van der Waals surface area contributed by atoms with E-state index in [9.17, 15) is 29.1 Å². The van der Waals surface area contributed by atoms with E-state index in [1.165, 1.54) is 18.7 Å². The number of nitrogen functional groups attached to an aromatic ring is 1. The van der Waals surface area contributed by atoms with Gasteiger partial charge in [0.25, 0.3) is 11.8 Å². The molecule has 3 aliphatic heterocycles. The second-order valence-electron chi connectivity index (χ2n) is 12.0. The van der Waals surface area contributed by atoms with Crippen molar-refractivity contribution in [2.45, 2.75) is 30.3 Å². The summed E-state index contributed by atoms with van der Waals surface area (Å²) in [5, 5.41) is 20.5. The predicted molar refractivity (Wildman–Crippen MR) is 182 cm³/mol. The first kappa shape index (κ1) is 33.5. The highest BCUT2D eigenvalue weighted by atomic mass is 32.2. The van der Waals surface area contributed by atoms with Gasteiger partial charge < -0.3 is 40.5 Å². The van der Waals surface area contributed by atoms with Crippen molar-refractivity contribution in [2.24, 2.45) is 5.16 Å². The number of benzene rings is 1. The van der Waals surface area contributed by atoms with E-state index in [1.807, 2.05) is 4.90 Å². The number of nitrogens with two attached hydrogens (primary N) is 1. The SMILES string of the molecule is CON=C(C(=O)NC1C(=O)N2C(C(=O)O)=C(COC(=O)c3cn(C4CC4)c4cc(N5CCNCC5)c(F)cc4c3=O)CSC12)c1csc(N)n1. The van der Waals surface area contributed by atoms with Gasteiger partial charge in [0.1, 0.15) is 47.9 Å². The molecule has 2 amide bonds. The summed E-state index contributed by atoms with van der Waals surface area (Å²) in [6.07, 6.45) is 3.08. The number of nitrogens with one attached hydrogen (secondary N) is 2. The molecule has 1 saturated carbocycles. The highest BCUT2D eigenvalue weighted by molar-refractivity contribution is 8.00. The molecule has 2 atom stereocenters. The van der Waals surface area contributed by atoms with E-state index in [0.717, 1.165) is 46.9 Å². The van der Waals surface area contributed by atoms with Crippen LogP contribution >= 0.6 is 23.1 Å². The number of rotatable bonds is 10. The van der Waals surface area contributed by atoms with Crippen molar-refractivity contribution in [1.29, 1.82) is 0 Å². The highest BCUT2D eigenvalue weighted by Gasteiger charge is 2.54. The maximum atomic E-state index is 15.4. The lowest BCUT2D eigenvalue weighted by atomic mass is 10.0. The minimum atomic E-state index is -1.43. The molecule has 5 heterocycles. The number of anilines is 2. The molecule has 1 aromatic carbocycles. The molecule has 0 radical (unpaired) electrons. The van der Waals surface area contributed by atoms with Gasteiger partial charge in [0.2, 0.25) is 5.43 Å². The van der Waals surface area contributed by atoms with Gasteiger partial charge >= 0.3 is 11.9 Å². The fourth-order valence-corrected chi connectivity index (χ4v) is 8.11. The van der Waals surface area contributed by atoms with Gasteiger partial charge in [-0.15, -0.1) is 23.1 Å². The van der Waals surface area contributed by atoms with Crippen molar-refractivity contribution in [2.75, 3.05) is 56.3 Å². The molecule has 2 saturated heterocycles. The number of piperazine rings is 1. The van der Waals surface area contributed by atoms with Gasteiger partial charge in [0, 0.05) is 60.5 Å². The molecule has 7 rings (SSSR count). The number of nitrogens with zero attached hydrogens (tertiary/aromatic N) is 5. The normalized spacial score (nSPS) is 20.8. The van der Waals surface area contributed by atoms with Gasteiger partial charge in [0.15, 0.2) is 10.8 Å². The van der Waals surface area contributed by atoms with E-state index >= 15 is 4.39 Å². The van der Waals surface area contributed by atoms with Crippen LogP contribution in [0.25, 0.3) is 10.9 Å². The number of aliphatic carboxylic acids is 1. The Balaban J connectivity index is 1.10. The smallest absolute Gasteiger partial charge is 0.352 e. The molecule has 5 N–H and O–H groups in total. The Labute approximate surface area is 291 Å². The van der Waals surface area contributed by atoms with Crippen LogP contribution in [0.2, 0.25) is 0 Å². The first-order valence-corrected chi connectivity index (χ1v) is 17.5. The Hall–Kier alpha value is -5.01. The first-order valence-electron chi connectivity index (χ1n) is 15.6. The van der Waals surface area contributed by atoms with Crippen LogP contribution in [-0.4, -0.2) is 106 Å². The molecule has 0 bridgehead atoms. The number of oxime groups is 1. The Kier molecular flexibility index (Phi) is 8.95. The third-order valence-corrected chi connectivity index (χ3v) is 10.8. The molecule has 2 unspecified atom stereocenters. The van der Waals surface area contributed by atoms with Crippen molar-refractivity contribution in [3.05, 3.63) is 62.3 Å². The number of carbonyl (C=O) groups is 4. The molecule has 3 fully saturated rings. The average molecular weight is 727 g/mol. The highest BCUT2D eigenvalue weighted by Crippen LogP contribution is 2.41. The summed E-state index contributed by atoms with van der Waals surface area (Å²) < 4.78 is 22.6. The van der Waals surface area contributed by atoms with E-state index in [0.29, 0.717) is 37.4 Å². The van der Waals surface area contributed by atoms with E-state index in [2.05, 4.69) is 20.8 Å². The fraction of sp³-hybridized carbons (Fsp3) is 0.387. The molecule has 16 nitrogen and oxygen atoms in total. The van der Waals surface area contributed by atoms with Gasteiger partial charge in [-0.25, -0.2) is 19.0 Å². The van der Waals surface area contributed by atoms with Crippen LogP contribution in [0.3, 0.4) is 0 Å². The number of β-lactam (4-membered cyclic amide) rings is 1. The number of amides is 2. The molecule has 50 heavy (non-hydrogen) atoms. The van der Waals surface area contributed by atoms with Crippen LogP contribution in [0.5, 0.6) is 0 Å². The number of carbonyl (C=O) groups excluding carboxylic acids is 3. The van der Waals surface area contributed by atoms with E-state index in [4.69, 9.17) is 15.3 Å². The molecule has 262 valence electrons. The zero-order valence-electron chi connectivity index (χ0n) is 26.5. The standard InChI is InChI=1S/C31H31FN8O8S2/c1-47-37-22(19-13-50-31(33)35-19)26(42)36-23-27(43)40-24(29(44)45)14(12-49-28(23)40)11-48-30(46)17-10-39(15-2-3-15)20-9-21(38-6-4-34-5-7-38)18(32)8-16(20)25(17)41/h8-10,13,15,23,28,34H,2-7,11-12H2,1H3,(H2,33,35)(H,36,42)(H,44,45). The summed E-state index contributed by atoms with van der Waals surface area (Å²) in [6, 6.07) is 1.76.